The van der Waals surface area contributed by atoms with Gasteiger partial charge in [-0.3, -0.25) is 4.79 Å². The molecule has 0 aliphatic heterocycles. The van der Waals surface area contributed by atoms with E-state index in [1.54, 1.807) is 0 Å². The van der Waals surface area contributed by atoms with Gasteiger partial charge in [-0.15, -0.1) is 0 Å². The third-order valence-electron chi connectivity index (χ3n) is 2.92. The molecule has 1 amide bonds. The van der Waals surface area contributed by atoms with Crippen molar-refractivity contribution >= 4 is 11.6 Å². The number of nitrogens with one attached hydrogen (secondary N) is 2. The summed E-state index contributed by atoms with van der Waals surface area (Å²) in [4.78, 5) is 11.3. The molecule has 0 heterocycles. The quantitative estimate of drug-likeness (QED) is 0.497. The molecule has 1 aliphatic carbocycles. The maximum absolute atomic E-state index is 13.3. The predicted octanol–water partition coefficient (Wildman–Crippen LogP) is 2.32. The molecule has 0 aromatic heterocycles. The summed E-state index contributed by atoms with van der Waals surface area (Å²) >= 11 is 0. The lowest BCUT2D eigenvalue weighted by atomic mass is 10.2. The highest BCUT2D eigenvalue weighted by atomic mass is 19.2. The third kappa shape index (κ3) is 3.00. The Kier molecular flexibility index (Phi) is 4.10. The molecule has 110 valence electrons. The van der Waals surface area contributed by atoms with Gasteiger partial charge in [-0.1, -0.05) is 0 Å². The molecule has 1 aromatic carbocycles. The van der Waals surface area contributed by atoms with E-state index < -0.39 is 47.2 Å². The van der Waals surface area contributed by atoms with E-state index in [4.69, 9.17) is 0 Å². The fraction of sp³-hybridized carbons (Fsp3) is 0.417. The highest BCUT2D eigenvalue weighted by molar-refractivity contribution is 5.80. The normalized spacial score (nSPS) is 14.2. The van der Waals surface area contributed by atoms with E-state index in [0.717, 1.165) is 12.8 Å². The van der Waals surface area contributed by atoms with Crippen molar-refractivity contribution in [1.82, 2.24) is 5.32 Å². The lowest BCUT2D eigenvalue weighted by molar-refractivity contribution is -0.119. The smallest absolute Gasteiger partial charge is 0.239 e. The van der Waals surface area contributed by atoms with Gasteiger partial charge in [-0.05, 0) is 18.8 Å². The van der Waals surface area contributed by atoms with Crippen LogP contribution >= 0.6 is 0 Å². The van der Waals surface area contributed by atoms with Crippen molar-refractivity contribution in [2.75, 3.05) is 18.4 Å². The van der Waals surface area contributed by atoms with Gasteiger partial charge >= 0.3 is 0 Å². The van der Waals surface area contributed by atoms with Crippen LogP contribution in [0.4, 0.5) is 27.6 Å². The number of benzene rings is 1. The number of amides is 1. The van der Waals surface area contributed by atoms with Crippen LogP contribution < -0.4 is 10.6 Å². The Bertz CT molecular complexity index is 516. The monoisotopic (exact) mass is 294 g/mol. The molecule has 0 radical (unpaired) electrons. The molecule has 2 rings (SSSR count). The van der Waals surface area contributed by atoms with Crippen LogP contribution in [0.25, 0.3) is 0 Å². The van der Waals surface area contributed by atoms with Gasteiger partial charge in [0.25, 0.3) is 0 Å². The van der Waals surface area contributed by atoms with E-state index in [-0.39, 0.29) is 0 Å². The maximum Gasteiger partial charge on any atom is 0.239 e. The summed E-state index contributed by atoms with van der Waals surface area (Å²) in [5.41, 5.74) is -1.21. The first kappa shape index (κ1) is 14.5. The number of anilines is 1. The Balaban J connectivity index is 2.03. The highest BCUT2D eigenvalue weighted by Crippen LogP contribution is 2.28. The van der Waals surface area contributed by atoms with Crippen molar-refractivity contribution in [2.45, 2.75) is 12.8 Å². The van der Waals surface area contributed by atoms with Gasteiger partial charge in [-0.25, -0.2) is 22.0 Å². The van der Waals surface area contributed by atoms with Gasteiger partial charge in [0, 0.05) is 6.54 Å². The molecule has 0 atom stereocenters. The predicted molar refractivity (Wildman–Crippen MR) is 60.5 cm³/mol. The van der Waals surface area contributed by atoms with E-state index >= 15 is 0 Å². The fourth-order valence-corrected chi connectivity index (χ4v) is 1.57. The summed E-state index contributed by atoms with van der Waals surface area (Å²) in [5.74, 6) is -10.5. The molecule has 0 unspecified atom stereocenters. The van der Waals surface area contributed by atoms with Crippen molar-refractivity contribution in [1.29, 1.82) is 0 Å². The van der Waals surface area contributed by atoms with Crippen LogP contribution in [0.2, 0.25) is 0 Å². The Labute approximate surface area is 111 Å². The van der Waals surface area contributed by atoms with Gasteiger partial charge in [0.05, 0.1) is 6.54 Å². The Morgan fingerprint density at radius 1 is 0.950 bits per heavy atom. The molecule has 0 bridgehead atoms. The molecule has 1 fully saturated rings. The van der Waals surface area contributed by atoms with E-state index in [1.807, 2.05) is 5.32 Å². The van der Waals surface area contributed by atoms with Crippen molar-refractivity contribution in [3.8, 4) is 0 Å². The Hall–Kier alpha value is -1.86. The minimum Gasteiger partial charge on any atom is -0.371 e. The van der Waals surface area contributed by atoms with Crippen molar-refractivity contribution < 1.29 is 26.7 Å². The van der Waals surface area contributed by atoms with Crippen LogP contribution in [-0.2, 0) is 4.79 Å². The van der Waals surface area contributed by atoms with Crippen LogP contribution in [0.15, 0.2) is 0 Å². The first-order chi connectivity index (χ1) is 9.41. The van der Waals surface area contributed by atoms with Gasteiger partial charge in [-0.2, -0.15) is 0 Å². The zero-order valence-electron chi connectivity index (χ0n) is 10.2. The largest absolute Gasteiger partial charge is 0.371 e. The average Bonchev–Trinajstić information content (AvgIpc) is 3.25. The van der Waals surface area contributed by atoms with Crippen molar-refractivity contribution in [3.63, 3.8) is 0 Å². The highest BCUT2D eigenvalue weighted by Gasteiger charge is 2.26. The van der Waals surface area contributed by atoms with Gasteiger partial charge < -0.3 is 10.6 Å². The summed E-state index contributed by atoms with van der Waals surface area (Å²) in [5, 5.41) is 4.41. The summed E-state index contributed by atoms with van der Waals surface area (Å²) in [6, 6.07) is 0. The molecule has 1 aromatic rings. The van der Waals surface area contributed by atoms with E-state index in [0.29, 0.717) is 12.5 Å². The number of hydrogen-bond donors (Lipinski definition) is 2. The molecule has 3 nitrogen and oxygen atoms in total. The summed E-state index contributed by atoms with van der Waals surface area (Å²) in [6.07, 6.45) is 2.01. The number of carbonyl (C=O) groups is 1. The summed E-state index contributed by atoms with van der Waals surface area (Å²) in [7, 11) is 0. The van der Waals surface area contributed by atoms with Crippen LogP contribution in [0, 0.1) is 35.0 Å². The summed E-state index contributed by atoms with van der Waals surface area (Å²) in [6.45, 7) is -0.136. The van der Waals surface area contributed by atoms with Crippen molar-refractivity contribution in [3.05, 3.63) is 29.1 Å². The minimum atomic E-state index is -2.23. The molecular formula is C12H11F5N2O. The number of carbonyl (C=O) groups excluding carboxylic acids is 1. The number of rotatable bonds is 5. The van der Waals surface area contributed by atoms with Crippen LogP contribution in [0.3, 0.4) is 0 Å². The van der Waals surface area contributed by atoms with Gasteiger partial charge in [0.15, 0.2) is 23.3 Å². The molecule has 20 heavy (non-hydrogen) atoms. The van der Waals surface area contributed by atoms with Gasteiger partial charge in [0.2, 0.25) is 11.7 Å². The number of hydrogen-bond acceptors (Lipinski definition) is 2. The van der Waals surface area contributed by atoms with Crippen LogP contribution in [-0.4, -0.2) is 19.0 Å². The average molecular weight is 294 g/mol. The first-order valence-corrected chi connectivity index (χ1v) is 5.93. The SMILES string of the molecule is O=C(CNc1c(F)c(F)c(F)c(F)c1F)NCC1CC1. The topological polar surface area (TPSA) is 41.1 Å². The molecule has 0 spiro atoms. The zero-order valence-corrected chi connectivity index (χ0v) is 10.2. The lowest BCUT2D eigenvalue weighted by Gasteiger charge is -2.10. The fourth-order valence-electron chi connectivity index (χ4n) is 1.57. The molecule has 1 aliphatic rings. The standard InChI is InChI=1S/C12H11F5N2O/c13-7-8(14)10(16)12(11(17)9(7)15)19-4-6(20)18-3-5-1-2-5/h5,19H,1-4H2,(H,18,20). The van der Waals surface area contributed by atoms with Crippen LogP contribution in [0.5, 0.6) is 0 Å². The van der Waals surface area contributed by atoms with E-state index in [2.05, 4.69) is 5.32 Å². The molecule has 0 saturated heterocycles. The van der Waals surface area contributed by atoms with E-state index in [9.17, 15) is 26.7 Å². The molecule has 8 heteroatoms. The molecular weight excluding hydrogens is 283 g/mol. The third-order valence-corrected chi connectivity index (χ3v) is 2.92. The molecule has 2 N–H and O–H groups in total. The van der Waals surface area contributed by atoms with E-state index in [1.165, 1.54) is 0 Å². The summed E-state index contributed by atoms with van der Waals surface area (Å²) < 4.78 is 65.1. The second kappa shape index (κ2) is 5.64. The maximum atomic E-state index is 13.3. The second-order valence-corrected chi connectivity index (χ2v) is 4.55. The minimum absolute atomic E-state index is 0.410. The first-order valence-electron chi connectivity index (χ1n) is 5.93. The second-order valence-electron chi connectivity index (χ2n) is 4.55. The zero-order chi connectivity index (χ0) is 14.9. The van der Waals surface area contributed by atoms with Crippen molar-refractivity contribution in [2.24, 2.45) is 5.92 Å². The lowest BCUT2D eigenvalue weighted by Crippen LogP contribution is -2.31. The van der Waals surface area contributed by atoms with Gasteiger partial charge in [0.1, 0.15) is 5.69 Å². The molecule has 1 saturated carbocycles. The van der Waals surface area contributed by atoms with Crippen LogP contribution in [0.1, 0.15) is 12.8 Å². The Morgan fingerprint density at radius 2 is 1.45 bits per heavy atom. The number of halogens is 5. The Morgan fingerprint density at radius 3 is 1.95 bits per heavy atom.